The lowest BCUT2D eigenvalue weighted by molar-refractivity contribution is -0.237. The number of hydrogen-bond donors (Lipinski definition) is 2. The molecule has 28 heavy (non-hydrogen) atoms. The minimum Gasteiger partial charge on any atom is -0.394 e. The molecular weight excluding hydrogens is 376 g/mol. The quantitative estimate of drug-likeness (QED) is 0.670. The minimum absolute atomic E-state index is 0.265. The first kappa shape index (κ1) is 21.3. The van der Waals surface area contributed by atoms with E-state index < -0.39 is 24.4 Å². The van der Waals surface area contributed by atoms with Crippen molar-refractivity contribution in [1.82, 2.24) is 0 Å². The number of benzene rings is 2. The Morgan fingerprint density at radius 3 is 1.93 bits per heavy atom. The van der Waals surface area contributed by atoms with E-state index in [1.165, 1.54) is 0 Å². The van der Waals surface area contributed by atoms with Crippen LogP contribution >= 0.6 is 11.8 Å². The highest BCUT2D eigenvalue weighted by molar-refractivity contribution is 7.99. The summed E-state index contributed by atoms with van der Waals surface area (Å²) in [5.41, 5.74) is 1.74. The van der Waals surface area contributed by atoms with Gasteiger partial charge in [0.15, 0.2) is 0 Å². The van der Waals surface area contributed by atoms with Gasteiger partial charge in [0.25, 0.3) is 0 Å². The molecule has 1 aliphatic rings. The number of thioether (sulfide) groups is 1. The van der Waals surface area contributed by atoms with Gasteiger partial charge < -0.3 is 24.4 Å². The molecule has 1 fully saturated rings. The largest absolute Gasteiger partial charge is 0.394 e. The van der Waals surface area contributed by atoms with Crippen molar-refractivity contribution in [3.8, 4) is 0 Å². The average Bonchev–Trinajstić information content (AvgIpc) is 2.74. The lowest BCUT2D eigenvalue weighted by atomic mass is 9.99. The van der Waals surface area contributed by atoms with Crippen LogP contribution in [0, 0.1) is 0 Å². The van der Waals surface area contributed by atoms with E-state index >= 15 is 0 Å². The van der Waals surface area contributed by atoms with Gasteiger partial charge in [-0.15, -0.1) is 11.8 Å². The van der Waals surface area contributed by atoms with Gasteiger partial charge >= 0.3 is 0 Å². The van der Waals surface area contributed by atoms with Crippen molar-refractivity contribution >= 4 is 11.8 Å². The molecule has 5 atom stereocenters. The summed E-state index contributed by atoms with van der Waals surface area (Å²) < 4.78 is 18.2. The maximum Gasteiger partial charge on any atom is 0.132 e. The normalized spacial score (nSPS) is 27.6. The second-order valence-electron chi connectivity index (χ2n) is 6.69. The zero-order chi connectivity index (χ0) is 19.8. The topological polar surface area (TPSA) is 68.2 Å². The Morgan fingerprint density at radius 1 is 0.893 bits per heavy atom. The van der Waals surface area contributed by atoms with Gasteiger partial charge in [-0.05, 0) is 16.9 Å². The van der Waals surface area contributed by atoms with Crippen molar-refractivity contribution in [2.75, 3.05) is 12.4 Å². The fourth-order valence-electron chi connectivity index (χ4n) is 3.24. The Bertz CT molecular complexity index is 640. The lowest BCUT2D eigenvalue weighted by Gasteiger charge is -2.43. The highest BCUT2D eigenvalue weighted by atomic mass is 32.2. The predicted octanol–water partition coefficient (Wildman–Crippen LogP) is 2.99. The van der Waals surface area contributed by atoms with Crippen LogP contribution in [0.3, 0.4) is 0 Å². The molecule has 0 aliphatic carbocycles. The molecule has 1 saturated heterocycles. The molecule has 0 radical (unpaired) electrons. The second-order valence-corrected chi connectivity index (χ2v) is 8.07. The van der Waals surface area contributed by atoms with Crippen molar-refractivity contribution in [2.24, 2.45) is 0 Å². The van der Waals surface area contributed by atoms with E-state index in [-0.39, 0.29) is 12.0 Å². The SMILES string of the molecule is CCS[C@H]1O[C@H](CO)[C@@H](O)[C@H](OCc2ccccc2)[C@@H]1OCc1ccccc1. The number of rotatable bonds is 9. The molecule has 6 heteroatoms. The summed E-state index contributed by atoms with van der Waals surface area (Å²) in [4.78, 5) is 0. The summed E-state index contributed by atoms with van der Waals surface area (Å²) in [7, 11) is 0. The summed E-state index contributed by atoms with van der Waals surface area (Å²) in [6, 6.07) is 19.7. The van der Waals surface area contributed by atoms with Crippen molar-refractivity contribution in [3.05, 3.63) is 71.8 Å². The molecule has 0 spiro atoms. The Morgan fingerprint density at radius 2 is 1.43 bits per heavy atom. The second kappa shape index (κ2) is 11.0. The predicted molar refractivity (Wildman–Crippen MR) is 110 cm³/mol. The van der Waals surface area contributed by atoms with Gasteiger partial charge in [0.1, 0.15) is 29.9 Å². The first-order valence-corrected chi connectivity index (χ1v) is 10.6. The smallest absolute Gasteiger partial charge is 0.132 e. The van der Waals surface area contributed by atoms with Crippen molar-refractivity contribution in [1.29, 1.82) is 0 Å². The Balaban J connectivity index is 1.75. The van der Waals surface area contributed by atoms with E-state index in [4.69, 9.17) is 14.2 Å². The van der Waals surface area contributed by atoms with Crippen LogP contribution in [0.5, 0.6) is 0 Å². The van der Waals surface area contributed by atoms with Gasteiger partial charge in [-0.1, -0.05) is 67.6 Å². The molecule has 0 saturated carbocycles. The maximum atomic E-state index is 10.8. The van der Waals surface area contributed by atoms with E-state index in [9.17, 15) is 10.2 Å². The summed E-state index contributed by atoms with van der Waals surface area (Å²) in [5.74, 6) is 0.829. The summed E-state index contributed by atoms with van der Waals surface area (Å²) in [5, 5.41) is 20.4. The molecule has 0 bridgehead atoms. The van der Waals surface area contributed by atoms with Crippen LogP contribution in [0.2, 0.25) is 0 Å². The fourth-order valence-corrected chi connectivity index (χ4v) is 4.21. The van der Waals surface area contributed by atoms with Gasteiger partial charge in [-0.3, -0.25) is 0 Å². The molecule has 152 valence electrons. The first-order valence-electron chi connectivity index (χ1n) is 9.60. The highest BCUT2D eigenvalue weighted by Gasteiger charge is 2.46. The third kappa shape index (κ3) is 5.56. The zero-order valence-corrected chi connectivity index (χ0v) is 16.8. The standard InChI is InChI=1S/C22H28O5S/c1-2-28-22-21(26-15-17-11-7-4-8-12-17)20(19(24)18(13-23)27-22)25-14-16-9-5-3-6-10-16/h3-12,18-24H,2,13-15H2,1H3/t18-,19-,20+,21+,22-/m1/s1. The van der Waals surface area contributed by atoms with Gasteiger partial charge in [-0.25, -0.2) is 0 Å². The van der Waals surface area contributed by atoms with Crippen LogP contribution in [0.25, 0.3) is 0 Å². The van der Waals surface area contributed by atoms with E-state index in [1.54, 1.807) is 11.8 Å². The van der Waals surface area contributed by atoms with Crippen LogP contribution in [-0.2, 0) is 27.4 Å². The summed E-state index contributed by atoms with van der Waals surface area (Å²) >= 11 is 1.59. The average molecular weight is 405 g/mol. The van der Waals surface area contributed by atoms with E-state index in [2.05, 4.69) is 0 Å². The summed E-state index contributed by atoms with van der Waals surface area (Å²) in [6.45, 7) is 2.53. The number of aliphatic hydroxyl groups is 2. The minimum atomic E-state index is -0.969. The van der Waals surface area contributed by atoms with Crippen molar-refractivity contribution < 1.29 is 24.4 Å². The number of ether oxygens (including phenoxy) is 3. The molecule has 0 aromatic heterocycles. The zero-order valence-electron chi connectivity index (χ0n) is 16.0. The Kier molecular flexibility index (Phi) is 8.33. The molecule has 0 amide bonds. The molecule has 5 nitrogen and oxygen atoms in total. The van der Waals surface area contributed by atoms with Gasteiger partial charge in [-0.2, -0.15) is 0 Å². The van der Waals surface area contributed by atoms with E-state index in [0.717, 1.165) is 16.9 Å². The molecule has 2 aromatic carbocycles. The summed E-state index contributed by atoms with van der Waals surface area (Å²) in [6.07, 6.45) is -2.71. The molecule has 1 aliphatic heterocycles. The van der Waals surface area contributed by atoms with Crippen molar-refractivity contribution in [2.45, 2.75) is 50.0 Å². The van der Waals surface area contributed by atoms with Crippen molar-refractivity contribution in [3.63, 3.8) is 0 Å². The molecule has 3 rings (SSSR count). The Labute approximate surface area is 170 Å². The monoisotopic (exact) mass is 404 g/mol. The third-order valence-corrected chi connectivity index (χ3v) is 5.74. The fraction of sp³-hybridized carbons (Fsp3) is 0.455. The Hall–Kier alpha value is -1.41. The molecule has 2 N–H and O–H groups in total. The molecule has 1 heterocycles. The molecular formula is C22H28O5S. The van der Waals surface area contributed by atoms with Gasteiger partial charge in [0.05, 0.1) is 19.8 Å². The number of hydrogen-bond acceptors (Lipinski definition) is 6. The van der Waals surface area contributed by atoms with Gasteiger partial charge in [0, 0.05) is 0 Å². The van der Waals surface area contributed by atoms with Crippen LogP contribution in [0.15, 0.2) is 60.7 Å². The van der Waals surface area contributed by atoms with Crippen LogP contribution in [-0.4, -0.2) is 52.4 Å². The van der Waals surface area contributed by atoms with Crippen LogP contribution in [0.1, 0.15) is 18.1 Å². The molecule has 2 aromatic rings. The highest BCUT2D eigenvalue weighted by Crippen LogP contribution is 2.33. The first-order chi connectivity index (χ1) is 13.7. The van der Waals surface area contributed by atoms with E-state index in [0.29, 0.717) is 13.2 Å². The van der Waals surface area contributed by atoms with Crippen LogP contribution in [0.4, 0.5) is 0 Å². The third-order valence-electron chi connectivity index (χ3n) is 4.70. The number of aliphatic hydroxyl groups excluding tert-OH is 2. The van der Waals surface area contributed by atoms with E-state index in [1.807, 2.05) is 67.6 Å². The van der Waals surface area contributed by atoms with Gasteiger partial charge in [0.2, 0.25) is 0 Å². The molecule has 0 unspecified atom stereocenters. The lowest BCUT2D eigenvalue weighted by Crippen LogP contribution is -2.59. The maximum absolute atomic E-state index is 10.8. The van der Waals surface area contributed by atoms with Crippen LogP contribution < -0.4 is 0 Å².